The molecule has 0 radical (unpaired) electrons. The van der Waals surface area contributed by atoms with Crippen molar-refractivity contribution in [1.82, 2.24) is 25.1 Å². The first-order chi connectivity index (χ1) is 14.4. The van der Waals surface area contributed by atoms with E-state index in [9.17, 15) is 9.59 Å². The van der Waals surface area contributed by atoms with Crippen molar-refractivity contribution in [2.45, 2.75) is 45.4 Å². The highest BCUT2D eigenvalue weighted by Crippen LogP contribution is 2.22. The Labute approximate surface area is 183 Å². The number of aromatic nitrogens is 4. The normalized spacial score (nSPS) is 11.9. The zero-order chi connectivity index (χ0) is 21.7. The maximum Gasteiger partial charge on any atom is 0.252 e. The molecule has 0 aliphatic heterocycles. The van der Waals surface area contributed by atoms with Crippen LogP contribution in [0.5, 0.6) is 0 Å². The summed E-state index contributed by atoms with van der Waals surface area (Å²) >= 11 is 2.70. The van der Waals surface area contributed by atoms with Crippen LogP contribution in [-0.2, 0) is 11.3 Å². The van der Waals surface area contributed by atoms with E-state index in [1.807, 2.05) is 55.8 Å². The summed E-state index contributed by atoms with van der Waals surface area (Å²) in [5, 5.41) is 17.3. The van der Waals surface area contributed by atoms with E-state index >= 15 is 0 Å². The first-order valence-electron chi connectivity index (χ1n) is 9.53. The van der Waals surface area contributed by atoms with Crippen molar-refractivity contribution in [2.75, 3.05) is 11.1 Å². The molecule has 3 rings (SSSR count). The van der Waals surface area contributed by atoms with Crippen LogP contribution in [0.2, 0.25) is 0 Å². The molecule has 2 aromatic heterocycles. The fourth-order valence-electron chi connectivity index (χ4n) is 2.89. The Morgan fingerprint density at radius 3 is 2.67 bits per heavy atom. The Morgan fingerprint density at radius 1 is 1.23 bits per heavy atom. The van der Waals surface area contributed by atoms with Crippen molar-refractivity contribution in [1.29, 1.82) is 0 Å². The minimum atomic E-state index is -0.328. The van der Waals surface area contributed by atoms with Gasteiger partial charge in [-0.25, -0.2) is 4.98 Å². The predicted molar refractivity (Wildman–Crippen MR) is 119 cm³/mol. The van der Waals surface area contributed by atoms with E-state index in [-0.39, 0.29) is 23.6 Å². The second-order valence-electron chi connectivity index (χ2n) is 6.73. The second kappa shape index (κ2) is 9.86. The number of anilines is 1. The van der Waals surface area contributed by atoms with Crippen molar-refractivity contribution in [2.24, 2.45) is 0 Å². The Morgan fingerprint density at radius 2 is 2.00 bits per heavy atom. The van der Waals surface area contributed by atoms with E-state index in [1.54, 1.807) is 6.07 Å². The van der Waals surface area contributed by atoms with Crippen LogP contribution < -0.4 is 10.6 Å². The average molecular weight is 445 g/mol. The summed E-state index contributed by atoms with van der Waals surface area (Å²) in [6.07, 6.45) is 0. The van der Waals surface area contributed by atoms with Gasteiger partial charge >= 0.3 is 0 Å². The molecular formula is C20H24N6O2S2. The predicted octanol–water partition coefficient (Wildman–Crippen LogP) is 3.59. The molecule has 2 amide bonds. The van der Waals surface area contributed by atoms with Gasteiger partial charge in [-0.1, -0.05) is 30.0 Å². The molecule has 0 fully saturated rings. The Balaban J connectivity index is 1.63. The summed E-state index contributed by atoms with van der Waals surface area (Å²) in [4.78, 5) is 29.0. The maximum absolute atomic E-state index is 12.6. The molecule has 0 spiro atoms. The van der Waals surface area contributed by atoms with Crippen LogP contribution in [0.1, 0.15) is 47.3 Å². The summed E-state index contributed by atoms with van der Waals surface area (Å²) in [6.45, 7) is 8.26. The number of thioether (sulfide) groups is 1. The van der Waals surface area contributed by atoms with Crippen molar-refractivity contribution >= 4 is 40.0 Å². The molecule has 30 heavy (non-hydrogen) atoms. The van der Waals surface area contributed by atoms with Crippen LogP contribution in [0.15, 0.2) is 34.8 Å². The molecule has 10 heteroatoms. The van der Waals surface area contributed by atoms with Gasteiger partial charge in [-0.3, -0.25) is 9.59 Å². The van der Waals surface area contributed by atoms with Gasteiger partial charge in [0.1, 0.15) is 0 Å². The number of rotatable bonds is 8. The van der Waals surface area contributed by atoms with E-state index in [4.69, 9.17) is 0 Å². The standard InChI is InChI=1S/C20H24N6O2S2/c1-5-26-17(14(4)22-18(28)15-9-7-6-8-12(15)2)24-25-20(26)30-11-16(27)23-19-21-13(3)10-29-19/h6-10,14H,5,11H2,1-4H3,(H,22,28)(H,21,23,27)/t14-/m1/s1. The number of amides is 2. The van der Waals surface area contributed by atoms with Crippen LogP contribution in [0.25, 0.3) is 0 Å². The molecule has 2 heterocycles. The molecule has 0 aliphatic carbocycles. The minimum Gasteiger partial charge on any atom is -0.342 e. The van der Waals surface area contributed by atoms with Gasteiger partial charge in [0.15, 0.2) is 16.1 Å². The number of carbonyl (C=O) groups is 2. The zero-order valence-corrected chi connectivity index (χ0v) is 18.9. The fourth-order valence-corrected chi connectivity index (χ4v) is 4.40. The van der Waals surface area contributed by atoms with Crippen LogP contribution in [0, 0.1) is 13.8 Å². The lowest BCUT2D eigenvalue weighted by Crippen LogP contribution is -2.29. The third kappa shape index (κ3) is 5.25. The Hall–Kier alpha value is -2.72. The molecule has 0 bridgehead atoms. The monoisotopic (exact) mass is 444 g/mol. The van der Waals surface area contributed by atoms with Crippen LogP contribution in [-0.4, -0.2) is 37.3 Å². The molecule has 158 valence electrons. The SMILES string of the molecule is CCn1c(SCC(=O)Nc2nc(C)cs2)nnc1[C@@H](C)NC(=O)c1ccccc1C. The van der Waals surface area contributed by atoms with E-state index in [0.29, 0.717) is 28.2 Å². The highest BCUT2D eigenvalue weighted by molar-refractivity contribution is 7.99. The number of hydrogen-bond donors (Lipinski definition) is 2. The quantitative estimate of drug-likeness (QED) is 0.515. The van der Waals surface area contributed by atoms with Gasteiger partial charge in [-0.05, 0) is 39.3 Å². The molecule has 3 aromatic rings. The number of thiazole rings is 1. The number of aryl methyl sites for hydroxylation is 2. The largest absolute Gasteiger partial charge is 0.342 e. The number of carbonyl (C=O) groups excluding carboxylic acids is 2. The lowest BCUT2D eigenvalue weighted by molar-refractivity contribution is -0.113. The highest BCUT2D eigenvalue weighted by Gasteiger charge is 2.20. The summed E-state index contributed by atoms with van der Waals surface area (Å²) in [6, 6.07) is 7.12. The highest BCUT2D eigenvalue weighted by atomic mass is 32.2. The molecule has 1 aromatic carbocycles. The van der Waals surface area contributed by atoms with E-state index < -0.39 is 0 Å². The summed E-state index contributed by atoms with van der Waals surface area (Å²) in [5.41, 5.74) is 2.42. The van der Waals surface area contributed by atoms with Crippen molar-refractivity contribution < 1.29 is 9.59 Å². The summed E-state index contributed by atoms with van der Waals surface area (Å²) < 4.78 is 1.91. The third-order valence-corrected chi connectivity index (χ3v) is 6.23. The Kier molecular flexibility index (Phi) is 7.22. The van der Waals surface area contributed by atoms with Crippen LogP contribution in [0.3, 0.4) is 0 Å². The molecule has 0 unspecified atom stereocenters. The van der Waals surface area contributed by atoms with Gasteiger partial charge in [0.25, 0.3) is 5.91 Å². The van der Waals surface area contributed by atoms with Crippen molar-refractivity contribution in [3.63, 3.8) is 0 Å². The van der Waals surface area contributed by atoms with Gasteiger partial charge in [-0.15, -0.1) is 21.5 Å². The average Bonchev–Trinajstić information content (AvgIpc) is 3.32. The first kappa shape index (κ1) is 22.0. The number of nitrogens with zero attached hydrogens (tertiary/aromatic N) is 4. The van der Waals surface area contributed by atoms with Gasteiger partial charge in [0, 0.05) is 17.5 Å². The molecule has 0 saturated carbocycles. The lowest BCUT2D eigenvalue weighted by atomic mass is 10.1. The topological polar surface area (TPSA) is 102 Å². The summed E-state index contributed by atoms with van der Waals surface area (Å²) in [5.74, 6) is 0.541. The van der Waals surface area contributed by atoms with Crippen LogP contribution >= 0.6 is 23.1 Å². The third-order valence-electron chi connectivity index (χ3n) is 4.38. The van der Waals surface area contributed by atoms with E-state index in [2.05, 4.69) is 25.8 Å². The van der Waals surface area contributed by atoms with Gasteiger partial charge in [0.2, 0.25) is 5.91 Å². The maximum atomic E-state index is 12.6. The smallest absolute Gasteiger partial charge is 0.252 e. The lowest BCUT2D eigenvalue weighted by Gasteiger charge is -2.16. The molecule has 0 aliphatic rings. The molecular weight excluding hydrogens is 420 g/mol. The zero-order valence-electron chi connectivity index (χ0n) is 17.3. The Bertz CT molecular complexity index is 1050. The van der Waals surface area contributed by atoms with Gasteiger partial charge in [0.05, 0.1) is 17.5 Å². The second-order valence-corrected chi connectivity index (χ2v) is 8.53. The molecule has 8 nitrogen and oxygen atoms in total. The minimum absolute atomic E-state index is 0.151. The fraction of sp³-hybridized carbons (Fsp3) is 0.350. The van der Waals surface area contributed by atoms with Crippen LogP contribution in [0.4, 0.5) is 5.13 Å². The number of nitrogens with one attached hydrogen (secondary N) is 2. The number of hydrogen-bond acceptors (Lipinski definition) is 7. The molecule has 1 atom stereocenters. The van der Waals surface area contributed by atoms with E-state index in [1.165, 1.54) is 23.1 Å². The molecule has 0 saturated heterocycles. The first-order valence-corrected chi connectivity index (χ1v) is 11.4. The molecule has 2 N–H and O–H groups in total. The van der Waals surface area contributed by atoms with Crippen molar-refractivity contribution in [3.05, 3.63) is 52.3 Å². The van der Waals surface area contributed by atoms with Crippen molar-refractivity contribution in [3.8, 4) is 0 Å². The van der Waals surface area contributed by atoms with Gasteiger partial charge < -0.3 is 15.2 Å². The number of benzene rings is 1. The summed E-state index contributed by atoms with van der Waals surface area (Å²) in [7, 11) is 0. The van der Waals surface area contributed by atoms with E-state index in [0.717, 1.165) is 11.3 Å². The van der Waals surface area contributed by atoms with Gasteiger partial charge in [-0.2, -0.15) is 0 Å².